The van der Waals surface area contributed by atoms with E-state index < -0.39 is 16.9 Å². The minimum absolute atomic E-state index is 0.0473. The molecule has 0 radical (unpaired) electrons. The molecule has 8 heteroatoms. The molecular formula is C15H19N3O5. The molecule has 0 aromatic heterocycles. The number of likely N-dealkylation sites (N-methyl/N-ethyl adjacent to an activating group) is 1. The monoisotopic (exact) mass is 321 g/mol. The molecule has 1 heterocycles. The third-order valence-corrected chi connectivity index (χ3v) is 3.81. The Bertz CT molecular complexity index is 632. The van der Waals surface area contributed by atoms with Crippen LogP contribution in [-0.4, -0.2) is 47.4 Å². The number of nitro groups is 1. The molecule has 1 aromatic carbocycles. The fourth-order valence-electron chi connectivity index (χ4n) is 2.53. The van der Waals surface area contributed by atoms with Gasteiger partial charge in [0.1, 0.15) is 12.6 Å². The van der Waals surface area contributed by atoms with Crippen molar-refractivity contribution in [2.75, 3.05) is 25.0 Å². The molecule has 124 valence electrons. The predicted molar refractivity (Wildman–Crippen MR) is 83.1 cm³/mol. The highest BCUT2D eigenvalue weighted by Crippen LogP contribution is 2.22. The van der Waals surface area contributed by atoms with E-state index in [1.165, 1.54) is 6.07 Å². The summed E-state index contributed by atoms with van der Waals surface area (Å²) in [6, 6.07) is 3.86. The number of benzene rings is 1. The number of carbonyl (C=O) groups is 2. The Balaban J connectivity index is 2.05. The largest absolute Gasteiger partial charge is 0.463 e. The van der Waals surface area contributed by atoms with Crippen LogP contribution in [0.4, 0.5) is 11.4 Å². The number of cyclic esters (lactones) is 1. The second-order valence-electron chi connectivity index (χ2n) is 5.32. The number of ether oxygens (including phenoxy) is 1. The molecule has 1 N–H and O–H groups in total. The van der Waals surface area contributed by atoms with E-state index in [0.29, 0.717) is 30.9 Å². The number of nitrogens with one attached hydrogen (secondary N) is 1. The first-order valence-corrected chi connectivity index (χ1v) is 7.38. The molecule has 1 aliphatic heterocycles. The van der Waals surface area contributed by atoms with E-state index in [0.717, 1.165) is 0 Å². The zero-order valence-corrected chi connectivity index (χ0v) is 13.1. The highest BCUT2D eigenvalue weighted by Gasteiger charge is 2.32. The van der Waals surface area contributed by atoms with Crippen LogP contribution in [0.25, 0.3) is 0 Å². The number of nitro benzene ring substituents is 1. The number of morpholine rings is 1. The first-order chi connectivity index (χ1) is 10.9. The Morgan fingerprint density at radius 1 is 1.52 bits per heavy atom. The second kappa shape index (κ2) is 7.19. The minimum atomic E-state index is -0.616. The first-order valence-electron chi connectivity index (χ1n) is 7.38. The maximum absolute atomic E-state index is 12.1. The minimum Gasteiger partial charge on any atom is -0.463 e. The van der Waals surface area contributed by atoms with Gasteiger partial charge in [0.2, 0.25) is 5.91 Å². The van der Waals surface area contributed by atoms with Crippen molar-refractivity contribution in [2.45, 2.75) is 26.3 Å². The molecule has 1 aliphatic rings. The third-order valence-electron chi connectivity index (χ3n) is 3.81. The van der Waals surface area contributed by atoms with Crippen molar-refractivity contribution in [3.63, 3.8) is 0 Å². The number of rotatable bonds is 5. The van der Waals surface area contributed by atoms with E-state index in [4.69, 9.17) is 4.74 Å². The van der Waals surface area contributed by atoms with Crippen LogP contribution in [0, 0.1) is 17.0 Å². The van der Waals surface area contributed by atoms with E-state index in [1.54, 1.807) is 19.1 Å². The zero-order valence-electron chi connectivity index (χ0n) is 13.1. The number of anilines is 1. The van der Waals surface area contributed by atoms with Crippen LogP contribution in [0.3, 0.4) is 0 Å². The van der Waals surface area contributed by atoms with Gasteiger partial charge >= 0.3 is 5.97 Å². The van der Waals surface area contributed by atoms with Crippen LogP contribution in [0.15, 0.2) is 18.2 Å². The number of nitrogens with zero attached hydrogens (tertiary/aromatic N) is 2. The number of aryl methyl sites for hydroxylation is 1. The van der Waals surface area contributed by atoms with Gasteiger partial charge in [-0.15, -0.1) is 0 Å². The molecule has 1 unspecified atom stereocenters. The number of hydrogen-bond donors (Lipinski definition) is 1. The summed E-state index contributed by atoms with van der Waals surface area (Å²) in [4.78, 5) is 36.3. The Kier molecular flexibility index (Phi) is 5.28. The van der Waals surface area contributed by atoms with Crippen LogP contribution < -0.4 is 5.32 Å². The maximum Gasteiger partial charge on any atom is 0.323 e. The topological polar surface area (TPSA) is 102 Å². The Labute approximate surface area is 133 Å². The number of hydrogen-bond acceptors (Lipinski definition) is 6. The molecule has 0 bridgehead atoms. The highest BCUT2D eigenvalue weighted by molar-refractivity contribution is 5.94. The van der Waals surface area contributed by atoms with Gasteiger partial charge in [0.25, 0.3) is 5.69 Å². The van der Waals surface area contributed by atoms with Crippen molar-refractivity contribution in [1.29, 1.82) is 0 Å². The molecule has 0 aliphatic carbocycles. The molecular weight excluding hydrogens is 302 g/mol. The normalized spacial score (nSPS) is 18.3. The molecule has 8 nitrogen and oxygen atoms in total. The van der Waals surface area contributed by atoms with Gasteiger partial charge in [0.05, 0.1) is 11.3 Å². The summed E-state index contributed by atoms with van der Waals surface area (Å²) >= 11 is 0. The molecule has 1 fully saturated rings. The summed E-state index contributed by atoms with van der Waals surface area (Å²) in [6.45, 7) is 5.10. The molecule has 1 atom stereocenters. The average Bonchev–Trinajstić information content (AvgIpc) is 2.51. The lowest BCUT2D eigenvalue weighted by Gasteiger charge is -2.32. The smallest absolute Gasteiger partial charge is 0.323 e. The lowest BCUT2D eigenvalue weighted by molar-refractivity contribution is -0.385. The molecule has 0 spiro atoms. The maximum atomic E-state index is 12.1. The van der Waals surface area contributed by atoms with Gasteiger partial charge in [-0.05, 0) is 19.5 Å². The van der Waals surface area contributed by atoms with Gasteiger partial charge in [-0.3, -0.25) is 24.6 Å². The van der Waals surface area contributed by atoms with Crippen LogP contribution in [-0.2, 0) is 14.3 Å². The van der Waals surface area contributed by atoms with E-state index in [2.05, 4.69) is 5.32 Å². The summed E-state index contributed by atoms with van der Waals surface area (Å²) in [6.07, 6.45) is -0.0473. The molecule has 1 saturated heterocycles. The van der Waals surface area contributed by atoms with Crippen LogP contribution >= 0.6 is 0 Å². The van der Waals surface area contributed by atoms with Crippen molar-refractivity contribution >= 4 is 23.3 Å². The zero-order chi connectivity index (χ0) is 17.0. The number of esters is 1. The van der Waals surface area contributed by atoms with Crippen LogP contribution in [0.2, 0.25) is 0 Å². The molecule has 23 heavy (non-hydrogen) atoms. The Morgan fingerprint density at radius 2 is 2.26 bits per heavy atom. The molecule has 1 amide bonds. The lowest BCUT2D eigenvalue weighted by atomic mass is 10.1. The fraction of sp³-hybridized carbons (Fsp3) is 0.467. The lowest BCUT2D eigenvalue weighted by Crippen LogP contribution is -2.50. The van der Waals surface area contributed by atoms with E-state index in [9.17, 15) is 19.7 Å². The summed E-state index contributed by atoms with van der Waals surface area (Å²) in [7, 11) is 0. The van der Waals surface area contributed by atoms with Gasteiger partial charge in [-0.25, -0.2) is 0 Å². The van der Waals surface area contributed by atoms with Gasteiger partial charge in [-0.2, -0.15) is 0 Å². The van der Waals surface area contributed by atoms with E-state index in [-0.39, 0.29) is 18.0 Å². The summed E-state index contributed by atoms with van der Waals surface area (Å²) in [5.41, 5.74) is 0.788. The van der Waals surface area contributed by atoms with Gasteiger partial charge in [0.15, 0.2) is 0 Å². The van der Waals surface area contributed by atoms with Gasteiger partial charge in [-0.1, -0.05) is 13.0 Å². The van der Waals surface area contributed by atoms with Crippen molar-refractivity contribution in [3.8, 4) is 0 Å². The Hall–Kier alpha value is -2.48. The van der Waals surface area contributed by atoms with Crippen LogP contribution in [0.5, 0.6) is 0 Å². The fourth-order valence-corrected chi connectivity index (χ4v) is 2.53. The van der Waals surface area contributed by atoms with Crippen molar-refractivity contribution in [1.82, 2.24) is 4.90 Å². The summed E-state index contributed by atoms with van der Waals surface area (Å²) in [5, 5.41) is 13.5. The molecule has 1 aromatic rings. The number of amides is 1. The summed E-state index contributed by atoms with van der Waals surface area (Å²) in [5.74, 6) is -0.798. The number of carbonyl (C=O) groups excluding carboxylic acids is 2. The van der Waals surface area contributed by atoms with Crippen LogP contribution in [0.1, 0.15) is 18.9 Å². The standard InChI is InChI=1S/C15H19N3O5/c1-3-17-6-7-23-15(20)13(17)9-14(19)16-11-5-4-10(2)12(8-11)18(21)22/h4-5,8,13H,3,6-7,9H2,1-2H3,(H,16,19). The second-order valence-corrected chi connectivity index (χ2v) is 5.32. The predicted octanol–water partition coefficient (Wildman–Crippen LogP) is 1.48. The van der Waals surface area contributed by atoms with Gasteiger partial charge < -0.3 is 10.1 Å². The van der Waals surface area contributed by atoms with Gasteiger partial charge in [0, 0.05) is 23.9 Å². The van der Waals surface area contributed by atoms with Crippen molar-refractivity contribution in [3.05, 3.63) is 33.9 Å². The first kappa shape index (κ1) is 16.9. The summed E-state index contributed by atoms with van der Waals surface area (Å²) < 4.78 is 4.99. The van der Waals surface area contributed by atoms with E-state index >= 15 is 0 Å². The SMILES string of the molecule is CCN1CCOC(=O)C1CC(=O)Nc1ccc(C)c([N+](=O)[O-])c1. The molecule has 0 saturated carbocycles. The van der Waals surface area contributed by atoms with E-state index in [1.807, 2.05) is 11.8 Å². The Morgan fingerprint density at radius 3 is 2.91 bits per heavy atom. The quantitative estimate of drug-likeness (QED) is 0.501. The highest BCUT2D eigenvalue weighted by atomic mass is 16.6. The third kappa shape index (κ3) is 4.04. The molecule has 2 rings (SSSR count). The van der Waals surface area contributed by atoms with Crippen molar-refractivity contribution < 1.29 is 19.2 Å². The van der Waals surface area contributed by atoms with Crippen molar-refractivity contribution in [2.24, 2.45) is 0 Å². The average molecular weight is 321 g/mol.